The molecule has 1 heterocycles. The summed E-state index contributed by atoms with van der Waals surface area (Å²) in [6.45, 7) is -0.0213. The van der Waals surface area contributed by atoms with Gasteiger partial charge >= 0.3 is 12.1 Å². The largest absolute Gasteiger partial charge is 0.480 e. The summed E-state index contributed by atoms with van der Waals surface area (Å²) in [6, 6.07) is -0.162. The van der Waals surface area contributed by atoms with Crippen molar-refractivity contribution in [2.75, 3.05) is 13.2 Å². The number of amides is 1. The van der Waals surface area contributed by atoms with E-state index >= 15 is 0 Å². The van der Waals surface area contributed by atoms with Crippen LogP contribution in [0, 0.1) is 5.92 Å². The van der Waals surface area contributed by atoms with E-state index in [1.807, 2.05) is 24.3 Å². The molecule has 2 aliphatic rings. The van der Waals surface area contributed by atoms with Crippen LogP contribution in [0.3, 0.4) is 0 Å². The van der Waals surface area contributed by atoms with Crippen molar-refractivity contribution < 1.29 is 19.4 Å². The average molecular weight is 223 g/mol. The highest BCUT2D eigenvalue weighted by atomic mass is 16.6. The lowest BCUT2D eigenvalue weighted by Gasteiger charge is -2.26. The van der Waals surface area contributed by atoms with Gasteiger partial charge in [0.2, 0.25) is 0 Å². The van der Waals surface area contributed by atoms with Gasteiger partial charge in [-0.15, -0.1) is 0 Å². The molecule has 0 saturated carbocycles. The maximum Gasteiger partial charge on any atom is 0.410 e. The van der Waals surface area contributed by atoms with Crippen molar-refractivity contribution in [3.8, 4) is 0 Å². The van der Waals surface area contributed by atoms with Crippen LogP contribution < -0.4 is 0 Å². The lowest BCUT2D eigenvalue weighted by molar-refractivity contribution is -0.138. The SMILES string of the molecule is O=C(O)CN1C(=O)OC[C@@H]1C1C=CC=CC1. The van der Waals surface area contributed by atoms with Gasteiger partial charge in [-0.05, 0) is 6.42 Å². The molecule has 2 atom stereocenters. The molecule has 1 amide bonds. The number of ether oxygens (including phenoxy) is 1. The van der Waals surface area contributed by atoms with E-state index in [2.05, 4.69) is 0 Å². The summed E-state index contributed by atoms with van der Waals surface area (Å²) in [7, 11) is 0. The Balaban J connectivity index is 2.07. The van der Waals surface area contributed by atoms with Crippen LogP contribution >= 0.6 is 0 Å². The van der Waals surface area contributed by atoms with Crippen molar-refractivity contribution in [3.63, 3.8) is 0 Å². The van der Waals surface area contributed by atoms with Gasteiger partial charge in [0, 0.05) is 5.92 Å². The molecule has 0 aromatic rings. The van der Waals surface area contributed by atoms with Gasteiger partial charge in [-0.1, -0.05) is 24.3 Å². The lowest BCUT2D eigenvalue weighted by Crippen LogP contribution is -2.41. The second-order valence-electron chi connectivity index (χ2n) is 3.88. The predicted octanol–water partition coefficient (Wildman–Crippen LogP) is 1.02. The van der Waals surface area contributed by atoms with Crippen LogP contribution in [0.2, 0.25) is 0 Å². The van der Waals surface area contributed by atoms with E-state index in [1.165, 1.54) is 4.90 Å². The number of allylic oxidation sites excluding steroid dienone is 3. The topological polar surface area (TPSA) is 66.8 Å². The van der Waals surface area contributed by atoms with Crippen molar-refractivity contribution in [2.45, 2.75) is 12.5 Å². The van der Waals surface area contributed by atoms with E-state index < -0.39 is 12.1 Å². The van der Waals surface area contributed by atoms with E-state index in [4.69, 9.17) is 9.84 Å². The van der Waals surface area contributed by atoms with Crippen molar-refractivity contribution >= 4 is 12.1 Å². The Morgan fingerprint density at radius 1 is 1.56 bits per heavy atom. The Morgan fingerprint density at radius 3 is 3.00 bits per heavy atom. The Hall–Kier alpha value is -1.78. The summed E-state index contributed by atoms with van der Waals surface area (Å²) in [4.78, 5) is 23.3. The van der Waals surface area contributed by atoms with Crippen molar-refractivity contribution in [1.82, 2.24) is 4.90 Å². The fourth-order valence-electron chi connectivity index (χ4n) is 2.03. The monoisotopic (exact) mass is 223 g/mol. The predicted molar refractivity (Wildman–Crippen MR) is 55.9 cm³/mol. The molecule has 0 radical (unpaired) electrons. The minimum atomic E-state index is -1.01. The number of rotatable bonds is 3. The Morgan fingerprint density at radius 2 is 2.38 bits per heavy atom. The fraction of sp³-hybridized carbons (Fsp3) is 0.455. The molecule has 0 bridgehead atoms. The first-order valence-corrected chi connectivity index (χ1v) is 5.17. The minimum Gasteiger partial charge on any atom is -0.480 e. The zero-order valence-corrected chi connectivity index (χ0v) is 8.70. The van der Waals surface area contributed by atoms with Crippen LogP contribution in [0.25, 0.3) is 0 Å². The summed E-state index contributed by atoms with van der Waals surface area (Å²) in [5, 5.41) is 8.73. The molecular weight excluding hydrogens is 210 g/mol. The van der Waals surface area contributed by atoms with Gasteiger partial charge in [0.1, 0.15) is 13.2 Å². The molecule has 1 N–H and O–H groups in total. The van der Waals surface area contributed by atoms with Crippen molar-refractivity contribution in [1.29, 1.82) is 0 Å². The van der Waals surface area contributed by atoms with Crippen LogP contribution in [-0.2, 0) is 9.53 Å². The lowest BCUT2D eigenvalue weighted by atomic mass is 9.92. The maximum absolute atomic E-state index is 11.4. The highest BCUT2D eigenvalue weighted by molar-refractivity contribution is 5.78. The van der Waals surface area contributed by atoms with Gasteiger partial charge in [0.25, 0.3) is 0 Å². The second kappa shape index (κ2) is 4.38. The van der Waals surface area contributed by atoms with Gasteiger partial charge < -0.3 is 9.84 Å². The quantitative estimate of drug-likeness (QED) is 0.775. The zero-order chi connectivity index (χ0) is 11.5. The molecule has 1 saturated heterocycles. The van der Waals surface area contributed by atoms with Crippen LogP contribution in [0.1, 0.15) is 6.42 Å². The summed E-state index contributed by atoms with van der Waals surface area (Å²) in [5.41, 5.74) is 0. The minimum absolute atomic E-state index is 0.149. The number of nitrogens with zero attached hydrogens (tertiary/aromatic N) is 1. The molecule has 0 aromatic carbocycles. The number of hydrogen-bond donors (Lipinski definition) is 1. The molecule has 16 heavy (non-hydrogen) atoms. The highest BCUT2D eigenvalue weighted by Crippen LogP contribution is 2.25. The zero-order valence-electron chi connectivity index (χ0n) is 8.70. The van der Waals surface area contributed by atoms with Gasteiger partial charge in [0.05, 0.1) is 6.04 Å². The molecule has 2 rings (SSSR count). The summed E-state index contributed by atoms with van der Waals surface area (Å²) >= 11 is 0. The molecule has 5 heteroatoms. The third kappa shape index (κ3) is 2.08. The maximum atomic E-state index is 11.4. The van der Waals surface area contributed by atoms with Crippen molar-refractivity contribution in [3.05, 3.63) is 24.3 Å². The molecule has 1 aliphatic carbocycles. The number of hydrogen-bond acceptors (Lipinski definition) is 3. The normalized spacial score (nSPS) is 28.2. The summed E-state index contributed by atoms with van der Waals surface area (Å²) < 4.78 is 4.90. The smallest absolute Gasteiger partial charge is 0.410 e. The van der Waals surface area contributed by atoms with Crippen LogP contribution in [0.5, 0.6) is 0 Å². The standard InChI is InChI=1S/C11H13NO4/c13-10(14)6-12-9(7-16-11(12)15)8-4-2-1-3-5-8/h1-4,8-9H,5-7H2,(H,13,14)/t8?,9-/m1/s1. The first-order valence-electron chi connectivity index (χ1n) is 5.17. The number of carbonyl (C=O) groups is 2. The molecular formula is C11H13NO4. The number of cyclic esters (lactones) is 1. The van der Waals surface area contributed by atoms with Crippen molar-refractivity contribution in [2.24, 2.45) is 5.92 Å². The van der Waals surface area contributed by atoms with Crippen LogP contribution in [0.15, 0.2) is 24.3 Å². The van der Waals surface area contributed by atoms with Crippen LogP contribution in [0.4, 0.5) is 4.79 Å². The number of aliphatic carboxylic acids is 1. The van der Waals surface area contributed by atoms with E-state index in [0.29, 0.717) is 0 Å². The summed E-state index contributed by atoms with van der Waals surface area (Å²) in [5.74, 6) is -0.866. The third-order valence-electron chi connectivity index (χ3n) is 2.83. The van der Waals surface area contributed by atoms with Crippen LogP contribution in [-0.4, -0.2) is 41.3 Å². The number of carboxylic acid groups (broad SMARTS) is 1. The molecule has 1 fully saturated rings. The first-order chi connectivity index (χ1) is 7.68. The third-order valence-corrected chi connectivity index (χ3v) is 2.83. The summed E-state index contributed by atoms with van der Waals surface area (Å²) in [6.07, 6.45) is 8.13. The molecule has 0 aromatic heterocycles. The second-order valence-corrected chi connectivity index (χ2v) is 3.88. The Kier molecular flexibility index (Phi) is 2.94. The molecule has 5 nitrogen and oxygen atoms in total. The number of carbonyl (C=O) groups excluding carboxylic acids is 1. The van der Waals surface area contributed by atoms with E-state index in [9.17, 15) is 9.59 Å². The molecule has 86 valence electrons. The first kappa shape index (κ1) is 10.7. The van der Waals surface area contributed by atoms with Gasteiger partial charge in [-0.25, -0.2) is 4.79 Å². The highest BCUT2D eigenvalue weighted by Gasteiger charge is 2.38. The molecule has 1 aliphatic heterocycles. The molecule has 0 spiro atoms. The van der Waals surface area contributed by atoms with Gasteiger partial charge in [-0.3, -0.25) is 9.69 Å². The van der Waals surface area contributed by atoms with E-state index in [-0.39, 0.29) is 25.1 Å². The Labute approximate surface area is 93.0 Å². The molecule has 1 unspecified atom stereocenters. The van der Waals surface area contributed by atoms with Gasteiger partial charge in [0.15, 0.2) is 0 Å². The van der Waals surface area contributed by atoms with Gasteiger partial charge in [-0.2, -0.15) is 0 Å². The number of carboxylic acids is 1. The average Bonchev–Trinajstić information content (AvgIpc) is 2.61. The van der Waals surface area contributed by atoms with E-state index in [0.717, 1.165) is 6.42 Å². The Bertz CT molecular complexity index is 361. The fourth-order valence-corrected chi connectivity index (χ4v) is 2.03. The van der Waals surface area contributed by atoms with E-state index in [1.54, 1.807) is 0 Å².